The lowest BCUT2D eigenvalue weighted by Gasteiger charge is -2.28. The molecule has 0 aliphatic carbocycles. The summed E-state index contributed by atoms with van der Waals surface area (Å²) in [5.74, 6) is -0.878. The van der Waals surface area contributed by atoms with Gasteiger partial charge in [0.15, 0.2) is 0 Å². The molecule has 0 aromatic carbocycles. The highest BCUT2D eigenvalue weighted by atomic mass is 16.4. The average molecular weight is 243 g/mol. The minimum absolute atomic E-state index is 0.0223. The SMILES string of the molecule is CC1CCN(C(=O)CC(C)(C)C(=O)O)C1CO. The van der Waals surface area contributed by atoms with Crippen LogP contribution in [0, 0.1) is 11.3 Å². The Kier molecular flexibility index (Phi) is 4.14. The molecule has 0 bridgehead atoms. The van der Waals surface area contributed by atoms with Gasteiger partial charge in [0, 0.05) is 13.0 Å². The molecule has 5 nitrogen and oxygen atoms in total. The van der Waals surface area contributed by atoms with E-state index in [-0.39, 0.29) is 30.9 Å². The number of hydrogen-bond donors (Lipinski definition) is 2. The largest absolute Gasteiger partial charge is 0.481 e. The Balaban J connectivity index is 2.68. The van der Waals surface area contributed by atoms with Crippen LogP contribution < -0.4 is 0 Å². The zero-order chi connectivity index (χ0) is 13.2. The van der Waals surface area contributed by atoms with Crippen LogP contribution in [0.5, 0.6) is 0 Å². The van der Waals surface area contributed by atoms with Crippen molar-refractivity contribution < 1.29 is 19.8 Å². The van der Waals surface area contributed by atoms with E-state index >= 15 is 0 Å². The van der Waals surface area contributed by atoms with Crippen molar-refractivity contribution in [2.45, 2.75) is 39.7 Å². The number of nitrogens with zero attached hydrogens (tertiary/aromatic N) is 1. The summed E-state index contributed by atoms with van der Waals surface area (Å²) >= 11 is 0. The summed E-state index contributed by atoms with van der Waals surface area (Å²) < 4.78 is 0. The molecule has 1 heterocycles. The lowest BCUT2D eigenvalue weighted by Crippen LogP contribution is -2.42. The Bertz CT molecular complexity index is 314. The molecule has 1 aliphatic rings. The van der Waals surface area contributed by atoms with Gasteiger partial charge >= 0.3 is 5.97 Å². The normalized spacial score (nSPS) is 25.1. The van der Waals surface area contributed by atoms with Crippen molar-refractivity contribution in [1.82, 2.24) is 4.90 Å². The Morgan fingerprint density at radius 1 is 1.41 bits per heavy atom. The van der Waals surface area contributed by atoms with Crippen molar-refractivity contribution in [3.8, 4) is 0 Å². The minimum Gasteiger partial charge on any atom is -0.481 e. The lowest BCUT2D eigenvalue weighted by atomic mass is 9.89. The maximum atomic E-state index is 12.0. The maximum Gasteiger partial charge on any atom is 0.309 e. The van der Waals surface area contributed by atoms with Crippen LogP contribution in [0.1, 0.15) is 33.6 Å². The van der Waals surface area contributed by atoms with Crippen LogP contribution in [-0.2, 0) is 9.59 Å². The second-order valence-electron chi connectivity index (χ2n) is 5.47. The second-order valence-corrected chi connectivity index (χ2v) is 5.47. The van der Waals surface area contributed by atoms with Crippen LogP contribution >= 0.6 is 0 Å². The number of aliphatic hydroxyl groups is 1. The molecule has 1 rings (SSSR count). The van der Waals surface area contributed by atoms with Gasteiger partial charge in [0.25, 0.3) is 0 Å². The van der Waals surface area contributed by atoms with Crippen LogP contribution in [0.3, 0.4) is 0 Å². The highest BCUT2D eigenvalue weighted by Gasteiger charge is 2.38. The summed E-state index contributed by atoms with van der Waals surface area (Å²) in [6.07, 6.45) is 0.843. The highest BCUT2D eigenvalue weighted by Crippen LogP contribution is 2.28. The molecule has 98 valence electrons. The van der Waals surface area contributed by atoms with E-state index in [9.17, 15) is 14.7 Å². The number of hydrogen-bond acceptors (Lipinski definition) is 3. The zero-order valence-electron chi connectivity index (χ0n) is 10.6. The predicted octanol–water partition coefficient (Wildman–Crippen LogP) is 0.717. The molecule has 5 heteroatoms. The van der Waals surface area contributed by atoms with Crippen LogP contribution in [-0.4, -0.2) is 46.2 Å². The molecule has 1 aliphatic heterocycles. The Labute approximate surface area is 101 Å². The van der Waals surface area contributed by atoms with E-state index < -0.39 is 11.4 Å². The molecule has 0 aromatic rings. The molecule has 1 amide bonds. The summed E-state index contributed by atoms with van der Waals surface area (Å²) in [6, 6.07) is -0.160. The Hall–Kier alpha value is -1.10. The average Bonchev–Trinajstić information content (AvgIpc) is 2.58. The summed E-state index contributed by atoms with van der Waals surface area (Å²) in [7, 11) is 0. The minimum atomic E-state index is -1.05. The van der Waals surface area contributed by atoms with E-state index in [2.05, 4.69) is 0 Å². The van der Waals surface area contributed by atoms with Gasteiger partial charge < -0.3 is 15.1 Å². The third kappa shape index (κ3) is 2.97. The van der Waals surface area contributed by atoms with Gasteiger partial charge in [0.2, 0.25) is 5.91 Å². The predicted molar refractivity (Wildman–Crippen MR) is 62.4 cm³/mol. The van der Waals surface area contributed by atoms with E-state index in [0.29, 0.717) is 6.54 Å². The molecule has 0 aromatic heterocycles. The first-order chi connectivity index (χ1) is 7.79. The van der Waals surface area contributed by atoms with E-state index in [1.165, 1.54) is 0 Å². The van der Waals surface area contributed by atoms with Gasteiger partial charge in [-0.05, 0) is 26.2 Å². The number of amides is 1. The number of carbonyl (C=O) groups excluding carboxylic acids is 1. The third-order valence-electron chi connectivity index (χ3n) is 3.56. The first-order valence-electron chi connectivity index (χ1n) is 5.93. The molecular weight excluding hydrogens is 222 g/mol. The topological polar surface area (TPSA) is 77.8 Å². The first kappa shape index (κ1) is 14.0. The van der Waals surface area contributed by atoms with Crippen LogP contribution in [0.4, 0.5) is 0 Å². The third-order valence-corrected chi connectivity index (χ3v) is 3.56. The van der Waals surface area contributed by atoms with E-state index in [0.717, 1.165) is 6.42 Å². The molecule has 0 spiro atoms. The van der Waals surface area contributed by atoms with E-state index in [1.54, 1.807) is 18.7 Å². The van der Waals surface area contributed by atoms with E-state index in [1.807, 2.05) is 6.92 Å². The smallest absolute Gasteiger partial charge is 0.309 e. The number of carbonyl (C=O) groups is 2. The zero-order valence-corrected chi connectivity index (χ0v) is 10.6. The quantitative estimate of drug-likeness (QED) is 0.762. The number of aliphatic hydroxyl groups excluding tert-OH is 1. The van der Waals surface area contributed by atoms with Crippen molar-refractivity contribution in [1.29, 1.82) is 0 Å². The summed E-state index contributed by atoms with van der Waals surface area (Å²) in [6.45, 7) is 5.64. The molecule has 2 atom stereocenters. The van der Waals surface area contributed by atoms with Gasteiger partial charge in [-0.1, -0.05) is 6.92 Å². The highest BCUT2D eigenvalue weighted by molar-refractivity contribution is 5.84. The molecule has 2 N–H and O–H groups in total. The lowest BCUT2D eigenvalue weighted by molar-refractivity contribution is -0.152. The molecule has 1 saturated heterocycles. The fourth-order valence-electron chi connectivity index (χ4n) is 2.15. The number of likely N-dealkylation sites (tertiary alicyclic amines) is 1. The van der Waals surface area contributed by atoms with Gasteiger partial charge in [-0.3, -0.25) is 9.59 Å². The molecular formula is C12H21NO4. The van der Waals surface area contributed by atoms with Crippen LogP contribution in [0.15, 0.2) is 0 Å². The summed E-state index contributed by atoms with van der Waals surface area (Å²) in [5.41, 5.74) is -1.05. The fraction of sp³-hybridized carbons (Fsp3) is 0.833. The second kappa shape index (κ2) is 5.04. The standard InChI is InChI=1S/C12H21NO4/c1-8-4-5-13(9(8)7-14)10(15)6-12(2,3)11(16)17/h8-9,14H,4-7H2,1-3H3,(H,16,17). The molecule has 0 saturated carbocycles. The van der Waals surface area contributed by atoms with Crippen LogP contribution in [0.2, 0.25) is 0 Å². The molecule has 1 fully saturated rings. The number of rotatable bonds is 4. The van der Waals surface area contributed by atoms with Crippen molar-refractivity contribution in [2.24, 2.45) is 11.3 Å². The number of carboxylic acid groups (broad SMARTS) is 1. The molecule has 2 unspecified atom stereocenters. The Morgan fingerprint density at radius 2 is 2.00 bits per heavy atom. The van der Waals surface area contributed by atoms with Gasteiger partial charge in [0.05, 0.1) is 18.1 Å². The van der Waals surface area contributed by atoms with Crippen molar-refractivity contribution in [3.63, 3.8) is 0 Å². The van der Waals surface area contributed by atoms with Gasteiger partial charge in [-0.2, -0.15) is 0 Å². The van der Waals surface area contributed by atoms with Crippen LogP contribution in [0.25, 0.3) is 0 Å². The van der Waals surface area contributed by atoms with Crippen molar-refractivity contribution in [3.05, 3.63) is 0 Å². The van der Waals surface area contributed by atoms with Crippen molar-refractivity contribution >= 4 is 11.9 Å². The summed E-state index contributed by atoms with van der Waals surface area (Å²) in [5, 5.41) is 18.2. The van der Waals surface area contributed by atoms with Crippen molar-refractivity contribution in [2.75, 3.05) is 13.2 Å². The Morgan fingerprint density at radius 3 is 2.47 bits per heavy atom. The maximum absolute atomic E-state index is 12.0. The molecule has 0 radical (unpaired) electrons. The van der Waals surface area contributed by atoms with Gasteiger partial charge in [0.1, 0.15) is 0 Å². The monoisotopic (exact) mass is 243 g/mol. The first-order valence-corrected chi connectivity index (χ1v) is 5.93. The number of carboxylic acids is 1. The van der Waals surface area contributed by atoms with Gasteiger partial charge in [-0.15, -0.1) is 0 Å². The van der Waals surface area contributed by atoms with Gasteiger partial charge in [-0.25, -0.2) is 0 Å². The van der Waals surface area contributed by atoms with E-state index in [4.69, 9.17) is 5.11 Å². The molecule has 17 heavy (non-hydrogen) atoms. The number of aliphatic carboxylic acids is 1. The fourth-order valence-corrected chi connectivity index (χ4v) is 2.15. The summed E-state index contributed by atoms with van der Waals surface area (Å²) in [4.78, 5) is 24.6.